The van der Waals surface area contributed by atoms with E-state index in [2.05, 4.69) is 9.69 Å². The van der Waals surface area contributed by atoms with Gasteiger partial charge >= 0.3 is 0 Å². The number of benzene rings is 1. The summed E-state index contributed by atoms with van der Waals surface area (Å²) in [5.74, 6) is -1.71. The number of ether oxygens (including phenoxy) is 1. The fourth-order valence-electron chi connectivity index (χ4n) is 2.63. The second kappa shape index (κ2) is 9.29. The molecule has 0 unspecified atom stereocenters. The third-order valence-electron chi connectivity index (χ3n) is 3.85. The number of nitrogen functional groups attached to an aromatic ring is 1. The van der Waals surface area contributed by atoms with Crippen LogP contribution in [0.25, 0.3) is 0 Å². The Balaban J connectivity index is 2.38. The van der Waals surface area contributed by atoms with Crippen molar-refractivity contribution in [1.82, 2.24) is 9.69 Å². The molecule has 0 bridgehead atoms. The molecule has 1 aromatic carbocycles. The number of hydrogen-bond donors (Lipinski definition) is 3. The Morgan fingerprint density at radius 2 is 1.86 bits per heavy atom. The molecule has 3 amide bonds. The van der Waals surface area contributed by atoms with Gasteiger partial charge in [-0.2, -0.15) is 4.37 Å². The van der Waals surface area contributed by atoms with Crippen LogP contribution in [0.4, 0.5) is 11.4 Å². The van der Waals surface area contributed by atoms with Crippen LogP contribution < -0.4 is 21.7 Å². The van der Waals surface area contributed by atoms with E-state index in [1.165, 1.54) is 12.0 Å². The summed E-state index contributed by atoms with van der Waals surface area (Å²) >= 11 is 0.774. The highest BCUT2D eigenvalue weighted by molar-refractivity contribution is 7.09. The van der Waals surface area contributed by atoms with Crippen LogP contribution in [0.15, 0.2) is 18.2 Å². The molecule has 5 N–H and O–H groups in total. The van der Waals surface area contributed by atoms with E-state index in [1.807, 2.05) is 19.9 Å². The zero-order valence-corrected chi connectivity index (χ0v) is 16.8. The summed E-state index contributed by atoms with van der Waals surface area (Å²) in [4.78, 5) is 38.2. The average Bonchev–Trinajstić information content (AvgIpc) is 3.00. The first-order valence-corrected chi connectivity index (χ1v) is 9.22. The van der Waals surface area contributed by atoms with E-state index < -0.39 is 11.8 Å². The maximum Gasteiger partial charge on any atom is 0.272 e. The smallest absolute Gasteiger partial charge is 0.272 e. The minimum atomic E-state index is -0.817. The van der Waals surface area contributed by atoms with Gasteiger partial charge in [-0.25, -0.2) is 0 Å². The summed E-state index contributed by atoms with van der Waals surface area (Å²) in [6.07, 6.45) is 0. The number of hydrogen-bond acceptors (Lipinski definition) is 7. The van der Waals surface area contributed by atoms with Crippen molar-refractivity contribution in [2.45, 2.75) is 13.8 Å². The predicted molar refractivity (Wildman–Crippen MR) is 108 cm³/mol. The van der Waals surface area contributed by atoms with Gasteiger partial charge in [0, 0.05) is 19.3 Å². The first kappa shape index (κ1) is 21.3. The first-order valence-electron chi connectivity index (χ1n) is 8.45. The second-order valence-electron chi connectivity index (χ2n) is 6.22. The number of nitrogens with one attached hydrogen (secondary N) is 1. The summed E-state index contributed by atoms with van der Waals surface area (Å²) in [6.45, 7) is 4.23. The second-order valence-corrected chi connectivity index (χ2v) is 6.99. The number of nitrogens with two attached hydrogens (primary N) is 2. The fourth-order valence-corrected chi connectivity index (χ4v) is 3.38. The molecule has 10 heteroatoms. The lowest BCUT2D eigenvalue weighted by molar-refractivity contribution is -0.119. The summed E-state index contributed by atoms with van der Waals surface area (Å²) in [7, 11) is 1.53. The largest absolute Gasteiger partial charge is 0.395 e. The normalized spacial score (nSPS) is 10.5. The van der Waals surface area contributed by atoms with Gasteiger partial charge in [0.05, 0.1) is 12.3 Å². The number of anilines is 2. The SMILES string of the molecule is COCCNC(=O)CN(C(=O)c1snc(C(N)=O)c1N)c1cc(C)cc(C)c1. The predicted octanol–water partition coefficient (Wildman–Crippen LogP) is 0.850. The van der Waals surface area contributed by atoms with Crippen LogP contribution in [0, 0.1) is 13.8 Å². The Bertz CT molecular complexity index is 876. The van der Waals surface area contributed by atoms with Crippen molar-refractivity contribution >= 4 is 40.6 Å². The maximum absolute atomic E-state index is 13.1. The number of carbonyl (C=O) groups excluding carboxylic acids is 3. The van der Waals surface area contributed by atoms with Crippen LogP contribution >= 0.6 is 11.5 Å². The Morgan fingerprint density at radius 3 is 2.39 bits per heavy atom. The molecule has 0 aliphatic carbocycles. The number of aryl methyl sites for hydroxylation is 2. The van der Waals surface area contributed by atoms with Gasteiger partial charge in [-0.1, -0.05) is 6.07 Å². The van der Waals surface area contributed by atoms with Crippen LogP contribution in [0.3, 0.4) is 0 Å². The molecular formula is C18H23N5O4S. The van der Waals surface area contributed by atoms with Gasteiger partial charge in [0.25, 0.3) is 11.8 Å². The van der Waals surface area contributed by atoms with E-state index in [-0.39, 0.29) is 28.7 Å². The first-order chi connectivity index (χ1) is 13.2. The van der Waals surface area contributed by atoms with E-state index >= 15 is 0 Å². The fraction of sp³-hybridized carbons (Fsp3) is 0.333. The number of primary amides is 1. The number of methoxy groups -OCH3 is 1. The number of nitrogens with zero attached hydrogens (tertiary/aromatic N) is 2. The van der Waals surface area contributed by atoms with Gasteiger partial charge in [-0.3, -0.25) is 19.3 Å². The number of aromatic nitrogens is 1. The minimum Gasteiger partial charge on any atom is -0.395 e. The zero-order chi connectivity index (χ0) is 20.8. The topological polar surface area (TPSA) is 141 Å². The summed E-state index contributed by atoms with van der Waals surface area (Å²) in [5, 5.41) is 2.68. The number of carbonyl (C=O) groups is 3. The molecule has 0 saturated carbocycles. The van der Waals surface area contributed by atoms with Crippen molar-refractivity contribution in [2.75, 3.05) is 37.4 Å². The molecule has 0 radical (unpaired) electrons. The molecule has 0 aliphatic heterocycles. The zero-order valence-electron chi connectivity index (χ0n) is 15.9. The van der Waals surface area contributed by atoms with E-state index in [9.17, 15) is 14.4 Å². The third kappa shape index (κ3) is 5.05. The molecule has 2 aromatic rings. The molecule has 0 aliphatic rings. The van der Waals surface area contributed by atoms with Gasteiger partial charge in [-0.15, -0.1) is 0 Å². The van der Waals surface area contributed by atoms with Gasteiger partial charge in [0.1, 0.15) is 11.4 Å². The van der Waals surface area contributed by atoms with Crippen molar-refractivity contribution in [3.63, 3.8) is 0 Å². The van der Waals surface area contributed by atoms with Crippen molar-refractivity contribution in [1.29, 1.82) is 0 Å². The monoisotopic (exact) mass is 405 g/mol. The lowest BCUT2D eigenvalue weighted by Crippen LogP contribution is -2.41. The molecular weight excluding hydrogens is 382 g/mol. The Labute approximate surface area is 166 Å². The molecule has 1 heterocycles. The number of amides is 3. The van der Waals surface area contributed by atoms with Crippen molar-refractivity contribution < 1.29 is 19.1 Å². The highest BCUT2D eigenvalue weighted by atomic mass is 32.1. The van der Waals surface area contributed by atoms with Gasteiger partial charge in [-0.05, 0) is 48.6 Å². The highest BCUT2D eigenvalue weighted by Crippen LogP contribution is 2.27. The Kier molecular flexibility index (Phi) is 7.07. The van der Waals surface area contributed by atoms with E-state index in [4.69, 9.17) is 16.2 Å². The van der Waals surface area contributed by atoms with Crippen molar-refractivity contribution in [3.8, 4) is 0 Å². The van der Waals surface area contributed by atoms with E-state index in [0.29, 0.717) is 18.8 Å². The van der Waals surface area contributed by atoms with Crippen LogP contribution in [-0.2, 0) is 9.53 Å². The van der Waals surface area contributed by atoms with Gasteiger partial charge in [0.15, 0.2) is 5.69 Å². The molecule has 1 aromatic heterocycles. The molecule has 0 fully saturated rings. The summed E-state index contributed by atoms with van der Waals surface area (Å²) in [6, 6.07) is 5.54. The molecule has 28 heavy (non-hydrogen) atoms. The van der Waals surface area contributed by atoms with Crippen LogP contribution in [-0.4, -0.2) is 48.9 Å². The van der Waals surface area contributed by atoms with Crippen molar-refractivity contribution in [2.24, 2.45) is 5.73 Å². The Hall–Kier alpha value is -2.98. The van der Waals surface area contributed by atoms with Crippen LogP contribution in [0.1, 0.15) is 31.3 Å². The molecule has 2 rings (SSSR count). The molecule has 150 valence electrons. The quantitative estimate of drug-likeness (QED) is 0.556. The number of rotatable bonds is 8. The van der Waals surface area contributed by atoms with Gasteiger partial charge < -0.3 is 21.5 Å². The average molecular weight is 405 g/mol. The lowest BCUT2D eigenvalue weighted by Gasteiger charge is -2.23. The minimum absolute atomic E-state index is 0.0534. The van der Waals surface area contributed by atoms with E-state index in [1.54, 1.807) is 12.1 Å². The summed E-state index contributed by atoms with van der Waals surface area (Å²) in [5.41, 5.74) is 13.3. The summed E-state index contributed by atoms with van der Waals surface area (Å²) < 4.78 is 8.77. The molecule has 9 nitrogen and oxygen atoms in total. The highest BCUT2D eigenvalue weighted by Gasteiger charge is 2.27. The standard InChI is InChI=1S/C18H23N5O4S/c1-10-6-11(2)8-12(7-10)23(9-13(24)21-4-5-27-3)18(26)16-14(19)15(17(20)25)22-28-16/h6-8H,4-5,9,19H2,1-3H3,(H2,20,25)(H,21,24). The lowest BCUT2D eigenvalue weighted by atomic mass is 10.1. The third-order valence-corrected chi connectivity index (χ3v) is 4.70. The van der Waals surface area contributed by atoms with Crippen molar-refractivity contribution in [3.05, 3.63) is 39.9 Å². The molecule has 0 atom stereocenters. The van der Waals surface area contributed by atoms with E-state index in [0.717, 1.165) is 22.7 Å². The van der Waals surface area contributed by atoms with Gasteiger partial charge in [0.2, 0.25) is 5.91 Å². The van der Waals surface area contributed by atoms with Crippen LogP contribution in [0.5, 0.6) is 0 Å². The molecule has 0 spiro atoms. The Morgan fingerprint density at radius 1 is 1.21 bits per heavy atom. The maximum atomic E-state index is 13.1. The van der Waals surface area contributed by atoms with Crippen LogP contribution in [0.2, 0.25) is 0 Å². The molecule has 0 saturated heterocycles.